The number of nitrogens with zero attached hydrogens (tertiary/aromatic N) is 4. The van der Waals surface area contributed by atoms with Crippen molar-refractivity contribution >= 4 is 45.3 Å². The zero-order valence-electron chi connectivity index (χ0n) is 15.4. The van der Waals surface area contributed by atoms with Gasteiger partial charge >= 0.3 is 0 Å². The van der Waals surface area contributed by atoms with Gasteiger partial charge in [-0.25, -0.2) is 4.98 Å². The standard InChI is InChI=1S/C18H17N5O3S2/c1-9-17(25)23(7-16(24)20-18-22-21-11(3)28-18)14-6-12(4-5-15(14)26-9)13-8-27-10(2)19-13/h4-6,8-9H,7H2,1-3H3,(H,20,22,24). The molecule has 2 amide bonds. The molecule has 3 heterocycles. The van der Waals surface area contributed by atoms with Crippen LogP contribution in [-0.4, -0.2) is 39.6 Å². The maximum Gasteiger partial charge on any atom is 0.268 e. The Kier molecular flexibility index (Phi) is 4.82. The molecule has 1 N–H and O–H groups in total. The quantitative estimate of drug-likeness (QED) is 0.703. The molecule has 1 unspecified atom stereocenters. The Morgan fingerprint density at radius 1 is 1.29 bits per heavy atom. The van der Waals surface area contributed by atoms with Crippen LogP contribution in [0.2, 0.25) is 0 Å². The Hall–Kier alpha value is -2.85. The Bertz CT molecular complexity index is 1060. The number of fused-ring (bicyclic) bond motifs is 1. The Morgan fingerprint density at radius 3 is 2.79 bits per heavy atom. The molecule has 0 aliphatic carbocycles. The molecule has 10 heteroatoms. The van der Waals surface area contributed by atoms with Gasteiger partial charge in [0.2, 0.25) is 11.0 Å². The molecular weight excluding hydrogens is 398 g/mol. The van der Waals surface area contributed by atoms with Crippen LogP contribution in [0.4, 0.5) is 10.8 Å². The van der Waals surface area contributed by atoms with Gasteiger partial charge in [-0.05, 0) is 39.0 Å². The molecule has 28 heavy (non-hydrogen) atoms. The van der Waals surface area contributed by atoms with Crippen molar-refractivity contribution in [3.8, 4) is 17.0 Å². The number of carbonyl (C=O) groups excluding carboxylic acids is 2. The number of rotatable bonds is 4. The van der Waals surface area contributed by atoms with Crippen molar-refractivity contribution in [1.29, 1.82) is 0 Å². The lowest BCUT2D eigenvalue weighted by Crippen LogP contribution is -2.47. The largest absolute Gasteiger partial charge is 0.479 e. The van der Waals surface area contributed by atoms with E-state index in [4.69, 9.17) is 4.74 Å². The van der Waals surface area contributed by atoms with Crippen LogP contribution in [0.1, 0.15) is 16.9 Å². The number of anilines is 2. The highest BCUT2D eigenvalue weighted by Gasteiger charge is 2.33. The number of aromatic nitrogens is 3. The van der Waals surface area contributed by atoms with Gasteiger partial charge in [-0.3, -0.25) is 19.8 Å². The summed E-state index contributed by atoms with van der Waals surface area (Å²) in [6, 6.07) is 5.54. The molecule has 0 radical (unpaired) electrons. The molecule has 0 saturated heterocycles. The normalized spacial score (nSPS) is 15.9. The third-order valence-corrected chi connectivity index (χ3v) is 5.68. The average molecular weight is 416 g/mol. The number of aryl methyl sites for hydroxylation is 2. The number of hydrogen-bond donors (Lipinski definition) is 1. The van der Waals surface area contributed by atoms with E-state index in [1.807, 2.05) is 24.4 Å². The fourth-order valence-corrected chi connectivity index (χ4v) is 4.10. The maximum atomic E-state index is 12.7. The Balaban J connectivity index is 1.63. The van der Waals surface area contributed by atoms with Gasteiger partial charge in [-0.15, -0.1) is 21.5 Å². The highest BCUT2D eigenvalue weighted by molar-refractivity contribution is 7.15. The second-order valence-corrected chi connectivity index (χ2v) is 8.54. The fraction of sp³-hybridized carbons (Fsp3) is 0.278. The molecule has 4 rings (SSSR count). The van der Waals surface area contributed by atoms with Crippen molar-refractivity contribution in [2.45, 2.75) is 26.9 Å². The minimum Gasteiger partial charge on any atom is -0.479 e. The van der Waals surface area contributed by atoms with Gasteiger partial charge in [0, 0.05) is 10.9 Å². The lowest BCUT2D eigenvalue weighted by molar-refractivity contribution is -0.127. The van der Waals surface area contributed by atoms with Crippen LogP contribution in [0.5, 0.6) is 5.75 Å². The topological polar surface area (TPSA) is 97.3 Å². The molecule has 2 aromatic heterocycles. The summed E-state index contributed by atoms with van der Waals surface area (Å²) in [7, 11) is 0. The minimum atomic E-state index is -0.670. The van der Waals surface area contributed by atoms with E-state index in [9.17, 15) is 9.59 Å². The van der Waals surface area contributed by atoms with Gasteiger partial charge in [-0.2, -0.15) is 0 Å². The molecule has 1 aromatic carbocycles. The SMILES string of the molecule is Cc1nc(-c2ccc3c(c2)N(CC(=O)Nc2nnc(C)s2)C(=O)C(C)O3)cs1. The summed E-state index contributed by atoms with van der Waals surface area (Å²) in [4.78, 5) is 31.1. The van der Waals surface area contributed by atoms with Crippen LogP contribution in [0.15, 0.2) is 23.6 Å². The second kappa shape index (κ2) is 7.28. The third-order valence-electron chi connectivity index (χ3n) is 4.16. The second-order valence-electron chi connectivity index (χ2n) is 6.29. The van der Waals surface area contributed by atoms with E-state index in [-0.39, 0.29) is 18.4 Å². The van der Waals surface area contributed by atoms with Gasteiger partial charge in [-0.1, -0.05) is 11.3 Å². The first kappa shape index (κ1) is 18.5. The first-order chi connectivity index (χ1) is 13.4. The molecule has 1 aliphatic heterocycles. The predicted molar refractivity (Wildman–Crippen MR) is 108 cm³/mol. The van der Waals surface area contributed by atoms with Gasteiger partial charge < -0.3 is 4.74 Å². The van der Waals surface area contributed by atoms with E-state index in [1.165, 1.54) is 16.2 Å². The molecular formula is C18H17N5O3S2. The molecule has 1 atom stereocenters. The average Bonchev–Trinajstić information content (AvgIpc) is 3.27. The van der Waals surface area contributed by atoms with Crippen LogP contribution < -0.4 is 15.0 Å². The van der Waals surface area contributed by atoms with E-state index in [0.29, 0.717) is 16.6 Å². The maximum absolute atomic E-state index is 12.7. The van der Waals surface area contributed by atoms with Gasteiger partial charge in [0.15, 0.2) is 6.10 Å². The van der Waals surface area contributed by atoms with Crippen molar-refractivity contribution in [3.63, 3.8) is 0 Å². The first-order valence-electron chi connectivity index (χ1n) is 8.55. The van der Waals surface area contributed by atoms with Crippen LogP contribution in [0, 0.1) is 13.8 Å². The van der Waals surface area contributed by atoms with Crippen LogP contribution in [-0.2, 0) is 9.59 Å². The van der Waals surface area contributed by atoms with Gasteiger partial charge in [0.05, 0.1) is 16.4 Å². The Labute approximate surface area is 169 Å². The van der Waals surface area contributed by atoms with Crippen molar-refractivity contribution in [2.24, 2.45) is 0 Å². The monoisotopic (exact) mass is 415 g/mol. The summed E-state index contributed by atoms with van der Waals surface area (Å²) in [5, 5.41) is 14.5. The molecule has 0 saturated carbocycles. The molecule has 8 nitrogen and oxygen atoms in total. The third kappa shape index (κ3) is 3.60. The van der Waals surface area contributed by atoms with E-state index in [1.54, 1.807) is 31.3 Å². The smallest absolute Gasteiger partial charge is 0.268 e. The summed E-state index contributed by atoms with van der Waals surface area (Å²) in [6.45, 7) is 5.27. The number of hydrogen-bond acceptors (Lipinski definition) is 8. The number of carbonyl (C=O) groups is 2. The zero-order chi connectivity index (χ0) is 19.8. The molecule has 0 spiro atoms. The molecule has 0 bridgehead atoms. The number of thiazole rings is 1. The molecule has 0 fully saturated rings. The molecule has 144 valence electrons. The first-order valence-corrected chi connectivity index (χ1v) is 10.2. The Morgan fingerprint density at radius 2 is 2.11 bits per heavy atom. The van der Waals surface area contributed by atoms with Gasteiger partial charge in [0.25, 0.3) is 5.91 Å². The van der Waals surface area contributed by atoms with E-state index in [0.717, 1.165) is 21.3 Å². The van der Waals surface area contributed by atoms with Crippen molar-refractivity contribution < 1.29 is 14.3 Å². The fourth-order valence-electron chi connectivity index (χ4n) is 2.87. The van der Waals surface area contributed by atoms with Crippen LogP contribution in [0.3, 0.4) is 0 Å². The van der Waals surface area contributed by atoms with Crippen molar-refractivity contribution in [2.75, 3.05) is 16.8 Å². The number of amides is 2. The van der Waals surface area contributed by atoms with Crippen LogP contribution >= 0.6 is 22.7 Å². The number of ether oxygens (including phenoxy) is 1. The van der Waals surface area contributed by atoms with E-state index in [2.05, 4.69) is 20.5 Å². The zero-order valence-corrected chi connectivity index (χ0v) is 17.1. The summed E-state index contributed by atoms with van der Waals surface area (Å²) < 4.78 is 5.71. The number of benzene rings is 1. The molecule has 3 aromatic rings. The lowest BCUT2D eigenvalue weighted by atomic mass is 10.1. The summed E-state index contributed by atoms with van der Waals surface area (Å²) in [5.74, 6) is -0.0653. The summed E-state index contributed by atoms with van der Waals surface area (Å²) in [5.41, 5.74) is 2.24. The summed E-state index contributed by atoms with van der Waals surface area (Å²) >= 11 is 2.83. The number of nitrogens with one attached hydrogen (secondary N) is 1. The summed E-state index contributed by atoms with van der Waals surface area (Å²) in [6.07, 6.45) is -0.670. The molecule has 1 aliphatic rings. The lowest BCUT2D eigenvalue weighted by Gasteiger charge is -2.32. The minimum absolute atomic E-state index is 0.141. The highest BCUT2D eigenvalue weighted by Crippen LogP contribution is 2.37. The van der Waals surface area contributed by atoms with Crippen molar-refractivity contribution in [3.05, 3.63) is 33.6 Å². The predicted octanol–water partition coefficient (Wildman–Crippen LogP) is 3.03. The van der Waals surface area contributed by atoms with Gasteiger partial charge in [0.1, 0.15) is 17.3 Å². The highest BCUT2D eigenvalue weighted by atomic mass is 32.1. The van der Waals surface area contributed by atoms with E-state index >= 15 is 0 Å². The van der Waals surface area contributed by atoms with Crippen LogP contribution in [0.25, 0.3) is 11.3 Å². The van der Waals surface area contributed by atoms with Crippen molar-refractivity contribution in [1.82, 2.24) is 15.2 Å². The van der Waals surface area contributed by atoms with E-state index < -0.39 is 6.10 Å².